The molecule has 9 rings (SSSR count). The molecule has 0 N–H and O–H groups in total. The number of nitrogens with zero attached hydrogens (tertiary/aromatic N) is 2. The third-order valence-electron chi connectivity index (χ3n) is 8.83. The minimum atomic E-state index is 0.303. The van der Waals surface area contributed by atoms with Crippen LogP contribution in [-0.4, -0.2) is 15.9 Å². The Hall–Kier alpha value is -4.21. The van der Waals surface area contributed by atoms with Crippen molar-refractivity contribution in [1.82, 2.24) is 4.57 Å². The predicted octanol–water partition coefficient (Wildman–Crippen LogP) is 8.93. The van der Waals surface area contributed by atoms with Gasteiger partial charge in [-0.3, -0.25) is 0 Å². The van der Waals surface area contributed by atoms with E-state index in [0.717, 1.165) is 6.42 Å². The van der Waals surface area contributed by atoms with Crippen LogP contribution >= 0.6 is 11.8 Å². The maximum atomic E-state index is 2.55. The first kappa shape index (κ1) is 21.7. The van der Waals surface area contributed by atoms with Gasteiger partial charge in [0.1, 0.15) is 0 Å². The maximum absolute atomic E-state index is 2.55. The van der Waals surface area contributed by atoms with Crippen LogP contribution in [0.5, 0.6) is 0 Å². The van der Waals surface area contributed by atoms with E-state index in [1.165, 1.54) is 60.8 Å². The first-order valence-corrected chi connectivity index (χ1v) is 14.7. The Bertz CT molecular complexity index is 1890. The number of aromatic nitrogens is 1. The quantitative estimate of drug-likeness (QED) is 0.230. The lowest BCUT2D eigenvalue weighted by Crippen LogP contribution is -2.28. The molecule has 0 radical (unpaired) electrons. The predicted molar refractivity (Wildman–Crippen MR) is 164 cm³/mol. The fourth-order valence-corrected chi connectivity index (χ4v) is 8.52. The zero-order valence-electron chi connectivity index (χ0n) is 21.4. The highest BCUT2D eigenvalue weighted by Gasteiger charge is 2.38. The van der Waals surface area contributed by atoms with Gasteiger partial charge in [0.15, 0.2) is 0 Å². The summed E-state index contributed by atoms with van der Waals surface area (Å²) in [4.78, 5) is 3.92. The maximum Gasteiger partial charge on any atom is 0.0629 e. The first-order valence-electron chi connectivity index (χ1n) is 13.8. The minimum absolute atomic E-state index is 0.303. The van der Waals surface area contributed by atoms with Crippen molar-refractivity contribution in [3.8, 4) is 5.69 Å². The SMILES string of the molecule is C1=CC2c3cc(-n4c5c(c6ccccc64)C=C4c6ccccc6SC4C5)ccc3N(c3ccccc3)C2C=C1. The van der Waals surface area contributed by atoms with Crippen molar-refractivity contribution in [2.75, 3.05) is 4.90 Å². The van der Waals surface area contributed by atoms with E-state index in [-0.39, 0.29) is 0 Å². The first-order chi connectivity index (χ1) is 19.3. The number of hydrogen-bond donors (Lipinski definition) is 0. The van der Waals surface area contributed by atoms with Crippen molar-refractivity contribution in [2.24, 2.45) is 0 Å². The van der Waals surface area contributed by atoms with E-state index in [4.69, 9.17) is 0 Å². The smallest absolute Gasteiger partial charge is 0.0629 e. The van der Waals surface area contributed by atoms with Gasteiger partial charge < -0.3 is 9.47 Å². The molecule has 3 unspecified atom stereocenters. The third kappa shape index (κ3) is 3.05. The molecule has 0 spiro atoms. The van der Waals surface area contributed by atoms with Gasteiger partial charge in [-0.05, 0) is 65.2 Å². The molecule has 2 nitrogen and oxygen atoms in total. The molecule has 3 atom stereocenters. The molecular formula is C36H26N2S. The van der Waals surface area contributed by atoms with Gasteiger partial charge in [-0.25, -0.2) is 0 Å². The van der Waals surface area contributed by atoms with Crippen molar-refractivity contribution in [2.45, 2.75) is 28.5 Å². The van der Waals surface area contributed by atoms with Gasteiger partial charge >= 0.3 is 0 Å². The highest BCUT2D eigenvalue weighted by Crippen LogP contribution is 2.52. The van der Waals surface area contributed by atoms with E-state index < -0.39 is 0 Å². The fraction of sp³-hybridized carbons (Fsp3) is 0.111. The summed E-state index contributed by atoms with van der Waals surface area (Å²) in [5.41, 5.74) is 12.2. The lowest BCUT2D eigenvalue weighted by atomic mass is 9.90. The largest absolute Gasteiger partial charge is 0.333 e. The van der Waals surface area contributed by atoms with E-state index in [1.54, 1.807) is 0 Å². The molecule has 0 bridgehead atoms. The summed E-state index contributed by atoms with van der Waals surface area (Å²) >= 11 is 2.03. The zero-order chi connectivity index (χ0) is 25.5. The van der Waals surface area contributed by atoms with Gasteiger partial charge in [0.25, 0.3) is 0 Å². The standard InChI is InChI=1S/C36H26N2S/c1-2-10-23(11-3-1)37-31-15-7-4-12-25(31)28-20-24(18-19-33(28)37)38-32-16-8-5-13-26(32)29-21-30-27-14-6-9-17-35(27)39-36(30)22-34(29)38/h1-21,25,31,36H,22H2. The van der Waals surface area contributed by atoms with Crippen LogP contribution in [0.4, 0.5) is 11.4 Å². The van der Waals surface area contributed by atoms with Gasteiger partial charge in [0, 0.05) is 56.2 Å². The Kier molecular flexibility index (Phi) is 4.53. The summed E-state index contributed by atoms with van der Waals surface area (Å²) in [5.74, 6) is 0.342. The number of rotatable bonds is 2. The van der Waals surface area contributed by atoms with Crippen LogP contribution in [0.2, 0.25) is 0 Å². The van der Waals surface area contributed by atoms with Crippen LogP contribution in [-0.2, 0) is 6.42 Å². The van der Waals surface area contributed by atoms with E-state index in [1.807, 2.05) is 11.8 Å². The molecule has 3 heterocycles. The Labute approximate surface area is 232 Å². The van der Waals surface area contributed by atoms with Crippen molar-refractivity contribution in [3.05, 3.63) is 144 Å². The van der Waals surface area contributed by atoms with Gasteiger partial charge in [-0.2, -0.15) is 0 Å². The third-order valence-corrected chi connectivity index (χ3v) is 10.2. The Morgan fingerprint density at radius 1 is 0.744 bits per heavy atom. The minimum Gasteiger partial charge on any atom is -0.333 e. The van der Waals surface area contributed by atoms with Crippen LogP contribution in [0.1, 0.15) is 28.3 Å². The molecule has 3 heteroatoms. The van der Waals surface area contributed by atoms with E-state index in [9.17, 15) is 0 Å². The van der Waals surface area contributed by atoms with E-state index in [2.05, 4.69) is 137 Å². The molecule has 2 aliphatic heterocycles. The molecule has 1 aromatic heterocycles. The zero-order valence-corrected chi connectivity index (χ0v) is 22.2. The highest BCUT2D eigenvalue weighted by molar-refractivity contribution is 8.00. The number of hydrogen-bond acceptors (Lipinski definition) is 2. The Balaban J connectivity index is 1.23. The average Bonchev–Trinajstić information content (AvgIpc) is 3.63. The molecule has 4 aromatic carbocycles. The summed E-state index contributed by atoms with van der Waals surface area (Å²) in [6.07, 6.45) is 12.7. The topological polar surface area (TPSA) is 8.17 Å². The van der Waals surface area contributed by atoms with Crippen molar-refractivity contribution in [3.63, 3.8) is 0 Å². The number of fused-ring (bicyclic) bond motifs is 9. The number of thioether (sulfide) groups is 1. The Morgan fingerprint density at radius 2 is 1.56 bits per heavy atom. The monoisotopic (exact) mass is 518 g/mol. The second-order valence-electron chi connectivity index (χ2n) is 10.9. The molecule has 5 aromatic rings. The molecule has 0 fully saturated rings. The number of benzene rings is 4. The second-order valence-corrected chi connectivity index (χ2v) is 12.1. The van der Waals surface area contributed by atoms with Gasteiger partial charge in [-0.15, -0.1) is 11.8 Å². The van der Waals surface area contributed by atoms with Gasteiger partial charge in [0.05, 0.1) is 11.6 Å². The van der Waals surface area contributed by atoms with Crippen LogP contribution in [0.3, 0.4) is 0 Å². The lowest BCUT2D eigenvalue weighted by molar-refractivity contribution is 0.744. The lowest BCUT2D eigenvalue weighted by Gasteiger charge is -2.28. The molecular weight excluding hydrogens is 492 g/mol. The van der Waals surface area contributed by atoms with Gasteiger partial charge in [-0.1, -0.05) is 78.9 Å². The second kappa shape index (κ2) is 8.14. The average molecular weight is 519 g/mol. The summed E-state index contributed by atoms with van der Waals surface area (Å²) in [5, 5.41) is 1.81. The Morgan fingerprint density at radius 3 is 2.51 bits per heavy atom. The summed E-state index contributed by atoms with van der Waals surface area (Å²) in [7, 11) is 0. The molecule has 0 saturated heterocycles. The summed E-state index contributed by atoms with van der Waals surface area (Å²) in [6.45, 7) is 0. The number of para-hydroxylation sites is 2. The molecule has 0 saturated carbocycles. The van der Waals surface area contributed by atoms with Crippen molar-refractivity contribution < 1.29 is 0 Å². The summed E-state index contributed by atoms with van der Waals surface area (Å²) in [6, 6.07) is 36.1. The molecule has 186 valence electrons. The van der Waals surface area contributed by atoms with Crippen molar-refractivity contribution >= 4 is 45.7 Å². The van der Waals surface area contributed by atoms with Crippen LogP contribution in [0.25, 0.3) is 28.2 Å². The van der Waals surface area contributed by atoms with Crippen LogP contribution < -0.4 is 4.90 Å². The molecule has 4 aliphatic rings. The van der Waals surface area contributed by atoms with Crippen molar-refractivity contribution in [1.29, 1.82) is 0 Å². The van der Waals surface area contributed by atoms with E-state index in [0.29, 0.717) is 17.2 Å². The molecule has 0 amide bonds. The van der Waals surface area contributed by atoms with Gasteiger partial charge in [0.2, 0.25) is 0 Å². The highest BCUT2D eigenvalue weighted by atomic mass is 32.2. The number of anilines is 2. The van der Waals surface area contributed by atoms with Crippen LogP contribution in [0, 0.1) is 0 Å². The number of allylic oxidation sites excluding steroid dienone is 2. The molecule has 2 aliphatic carbocycles. The molecule has 39 heavy (non-hydrogen) atoms. The van der Waals surface area contributed by atoms with Crippen LogP contribution in [0.15, 0.2) is 126 Å². The normalized spacial score (nSPS) is 21.8. The fourth-order valence-electron chi connectivity index (χ4n) is 7.18. The van der Waals surface area contributed by atoms with E-state index >= 15 is 0 Å². The summed E-state index contributed by atoms with van der Waals surface area (Å²) < 4.78 is 2.55.